The molecule has 2 N–H and O–H groups in total. The van der Waals surface area contributed by atoms with Crippen LogP contribution in [-0.4, -0.2) is 24.2 Å². The Kier molecular flexibility index (Phi) is 5.66. The van der Waals surface area contributed by atoms with Crippen LogP contribution in [0.4, 0.5) is 23.1 Å². The van der Waals surface area contributed by atoms with Crippen molar-refractivity contribution in [3.05, 3.63) is 58.7 Å². The van der Waals surface area contributed by atoms with Crippen LogP contribution in [-0.2, 0) is 0 Å². The minimum Gasteiger partial charge on any atom is -0.497 e. The number of hydrogen-bond acceptors (Lipinski definition) is 6. The summed E-state index contributed by atoms with van der Waals surface area (Å²) in [5.74, 6) is 2.41. The molecule has 0 aliphatic heterocycles. The number of rotatable bonds is 6. The molecule has 7 heteroatoms. The van der Waals surface area contributed by atoms with Crippen LogP contribution >= 0.6 is 11.6 Å². The number of aromatic nitrogens is 2. The second kappa shape index (κ2) is 8.14. The van der Waals surface area contributed by atoms with E-state index in [0.717, 1.165) is 22.5 Å². The molecule has 0 saturated heterocycles. The highest BCUT2D eigenvalue weighted by Crippen LogP contribution is 2.32. The molecule has 0 aliphatic rings. The van der Waals surface area contributed by atoms with Crippen LogP contribution in [0.2, 0.25) is 5.02 Å². The third-order valence-corrected chi connectivity index (χ3v) is 4.29. The van der Waals surface area contributed by atoms with Crippen LogP contribution in [0.3, 0.4) is 0 Å². The summed E-state index contributed by atoms with van der Waals surface area (Å²) >= 11 is 6.37. The third-order valence-electron chi connectivity index (χ3n) is 4.00. The Morgan fingerprint density at radius 1 is 0.963 bits per heavy atom. The molecule has 0 radical (unpaired) electrons. The molecule has 0 bridgehead atoms. The summed E-state index contributed by atoms with van der Waals surface area (Å²) in [5.41, 5.74) is 3.72. The predicted molar refractivity (Wildman–Crippen MR) is 109 cm³/mol. The van der Waals surface area contributed by atoms with Crippen molar-refractivity contribution in [1.29, 1.82) is 0 Å². The van der Waals surface area contributed by atoms with Gasteiger partial charge in [0.25, 0.3) is 0 Å². The molecule has 3 rings (SSSR count). The van der Waals surface area contributed by atoms with Crippen molar-refractivity contribution in [3.63, 3.8) is 0 Å². The van der Waals surface area contributed by atoms with E-state index in [1.165, 1.54) is 0 Å². The van der Waals surface area contributed by atoms with Gasteiger partial charge < -0.3 is 20.1 Å². The normalized spacial score (nSPS) is 10.4. The lowest BCUT2D eigenvalue weighted by molar-refractivity contribution is 0.395. The van der Waals surface area contributed by atoms with Gasteiger partial charge >= 0.3 is 0 Å². The number of nitrogens with zero attached hydrogens (tertiary/aromatic N) is 2. The number of halogens is 1. The van der Waals surface area contributed by atoms with Crippen LogP contribution in [0.25, 0.3) is 0 Å². The van der Waals surface area contributed by atoms with Gasteiger partial charge in [-0.05, 0) is 49.2 Å². The third kappa shape index (κ3) is 4.41. The van der Waals surface area contributed by atoms with Gasteiger partial charge in [-0.15, -0.1) is 0 Å². The van der Waals surface area contributed by atoms with Crippen LogP contribution < -0.4 is 20.1 Å². The van der Waals surface area contributed by atoms with E-state index in [2.05, 4.69) is 26.7 Å². The molecule has 0 spiro atoms. The van der Waals surface area contributed by atoms with E-state index in [1.807, 2.05) is 32.0 Å². The van der Waals surface area contributed by atoms with Gasteiger partial charge in [0.15, 0.2) is 0 Å². The summed E-state index contributed by atoms with van der Waals surface area (Å²) in [5, 5.41) is 7.08. The highest BCUT2D eigenvalue weighted by Gasteiger charge is 2.10. The SMILES string of the molecule is COc1ccc(Nc2nccc(Nc3c(C)cc(C)cc3Cl)n2)c(OC)c1. The van der Waals surface area contributed by atoms with Crippen LogP contribution in [0.5, 0.6) is 11.5 Å². The van der Waals surface area contributed by atoms with E-state index in [4.69, 9.17) is 21.1 Å². The smallest absolute Gasteiger partial charge is 0.229 e. The van der Waals surface area contributed by atoms with Crippen molar-refractivity contribution in [2.45, 2.75) is 13.8 Å². The van der Waals surface area contributed by atoms with Crippen molar-refractivity contribution in [2.75, 3.05) is 24.9 Å². The van der Waals surface area contributed by atoms with Gasteiger partial charge in [-0.25, -0.2) is 4.98 Å². The second-order valence-electron chi connectivity index (χ2n) is 6.02. The molecule has 0 atom stereocenters. The van der Waals surface area contributed by atoms with Gasteiger partial charge in [-0.3, -0.25) is 0 Å². The molecule has 1 heterocycles. The molecular weight excluding hydrogens is 364 g/mol. The fourth-order valence-corrected chi connectivity index (χ4v) is 3.08. The highest BCUT2D eigenvalue weighted by molar-refractivity contribution is 6.33. The molecule has 0 unspecified atom stereocenters. The Bertz CT molecular complexity index is 939. The van der Waals surface area contributed by atoms with Crippen molar-refractivity contribution in [3.8, 4) is 11.5 Å². The van der Waals surface area contributed by atoms with E-state index >= 15 is 0 Å². The maximum atomic E-state index is 6.37. The van der Waals surface area contributed by atoms with Crippen molar-refractivity contribution in [1.82, 2.24) is 9.97 Å². The number of nitrogens with one attached hydrogen (secondary N) is 2. The van der Waals surface area contributed by atoms with E-state index < -0.39 is 0 Å². The van der Waals surface area contributed by atoms with Gasteiger partial charge in [0, 0.05) is 12.3 Å². The summed E-state index contributed by atoms with van der Waals surface area (Å²) in [7, 11) is 3.21. The van der Waals surface area contributed by atoms with E-state index in [-0.39, 0.29) is 0 Å². The Labute approximate surface area is 163 Å². The lowest BCUT2D eigenvalue weighted by atomic mass is 10.1. The average Bonchev–Trinajstić information content (AvgIpc) is 2.65. The summed E-state index contributed by atoms with van der Waals surface area (Å²) in [6.07, 6.45) is 1.67. The first-order valence-electron chi connectivity index (χ1n) is 8.36. The lowest BCUT2D eigenvalue weighted by Crippen LogP contribution is -2.03. The predicted octanol–water partition coefficient (Wildman–Crippen LogP) is 5.25. The van der Waals surface area contributed by atoms with E-state index in [0.29, 0.717) is 28.3 Å². The van der Waals surface area contributed by atoms with Gasteiger partial charge in [0.05, 0.1) is 30.6 Å². The Hall–Kier alpha value is -2.99. The molecule has 6 nitrogen and oxygen atoms in total. The Morgan fingerprint density at radius 3 is 2.48 bits per heavy atom. The number of methoxy groups -OCH3 is 2. The van der Waals surface area contributed by atoms with Crippen LogP contribution in [0.1, 0.15) is 11.1 Å². The maximum Gasteiger partial charge on any atom is 0.229 e. The van der Waals surface area contributed by atoms with Gasteiger partial charge in [-0.2, -0.15) is 4.98 Å². The molecule has 0 fully saturated rings. The number of ether oxygens (including phenoxy) is 2. The van der Waals surface area contributed by atoms with Gasteiger partial charge in [-0.1, -0.05) is 17.7 Å². The van der Waals surface area contributed by atoms with Crippen molar-refractivity contribution in [2.24, 2.45) is 0 Å². The number of benzene rings is 2. The molecule has 1 aromatic heterocycles. The molecule has 0 saturated carbocycles. The van der Waals surface area contributed by atoms with Gasteiger partial charge in [0.1, 0.15) is 17.3 Å². The van der Waals surface area contributed by atoms with Gasteiger partial charge in [0.2, 0.25) is 5.95 Å². The summed E-state index contributed by atoms with van der Waals surface area (Å²) < 4.78 is 10.6. The Morgan fingerprint density at radius 2 is 1.78 bits per heavy atom. The molecular formula is C20H21ClN4O2. The number of hydrogen-bond donors (Lipinski definition) is 2. The summed E-state index contributed by atoms with van der Waals surface area (Å²) in [6, 6.07) is 11.2. The minimum absolute atomic E-state index is 0.435. The first kappa shape index (κ1) is 18.8. The zero-order valence-corrected chi connectivity index (χ0v) is 16.4. The highest BCUT2D eigenvalue weighted by atomic mass is 35.5. The van der Waals surface area contributed by atoms with Crippen molar-refractivity contribution >= 4 is 34.7 Å². The molecule has 140 valence electrons. The minimum atomic E-state index is 0.435. The average molecular weight is 385 g/mol. The van der Waals surface area contributed by atoms with Crippen molar-refractivity contribution < 1.29 is 9.47 Å². The number of anilines is 4. The fourth-order valence-electron chi connectivity index (χ4n) is 2.71. The maximum absolute atomic E-state index is 6.37. The largest absolute Gasteiger partial charge is 0.497 e. The van der Waals surface area contributed by atoms with Crippen LogP contribution in [0.15, 0.2) is 42.6 Å². The molecule has 3 aromatic rings. The molecule has 2 aromatic carbocycles. The monoisotopic (exact) mass is 384 g/mol. The lowest BCUT2D eigenvalue weighted by Gasteiger charge is -2.14. The number of aryl methyl sites for hydroxylation is 2. The second-order valence-corrected chi connectivity index (χ2v) is 6.43. The van der Waals surface area contributed by atoms with Crippen LogP contribution in [0, 0.1) is 13.8 Å². The fraction of sp³-hybridized carbons (Fsp3) is 0.200. The molecule has 0 aliphatic carbocycles. The zero-order valence-electron chi connectivity index (χ0n) is 15.6. The Balaban J connectivity index is 1.85. The van der Waals surface area contributed by atoms with E-state index in [1.54, 1.807) is 32.5 Å². The first-order valence-corrected chi connectivity index (χ1v) is 8.74. The topological polar surface area (TPSA) is 68.3 Å². The molecule has 0 amide bonds. The standard InChI is InChI=1S/C20H21ClN4O2/c1-12-9-13(2)19(15(21)10-12)24-18-7-8-22-20(25-18)23-16-6-5-14(26-3)11-17(16)27-4/h5-11H,1-4H3,(H2,22,23,24,25). The zero-order chi connectivity index (χ0) is 19.4. The summed E-state index contributed by atoms with van der Waals surface area (Å²) in [4.78, 5) is 8.78. The molecule has 27 heavy (non-hydrogen) atoms. The quantitative estimate of drug-likeness (QED) is 0.604. The summed E-state index contributed by atoms with van der Waals surface area (Å²) in [6.45, 7) is 4.02. The first-order chi connectivity index (χ1) is 13.0. The van der Waals surface area contributed by atoms with E-state index in [9.17, 15) is 0 Å².